The Bertz CT molecular complexity index is 356. The van der Waals surface area contributed by atoms with Crippen molar-refractivity contribution >= 4 is 5.97 Å². The van der Waals surface area contributed by atoms with Crippen LogP contribution in [0.25, 0.3) is 0 Å². The molecule has 0 heterocycles. The average Bonchev–Trinajstić information content (AvgIpc) is 2.28. The van der Waals surface area contributed by atoms with Crippen molar-refractivity contribution in [1.82, 2.24) is 0 Å². The third kappa shape index (κ3) is 3.09. The van der Waals surface area contributed by atoms with E-state index in [1.54, 1.807) is 0 Å². The molecule has 0 spiro atoms. The number of carboxylic acids is 1. The summed E-state index contributed by atoms with van der Waals surface area (Å²) in [6.07, 6.45) is 2.28. The van der Waals surface area contributed by atoms with Gasteiger partial charge in [0.25, 0.3) is 0 Å². The largest absolute Gasteiger partial charge is 0.481 e. The molecule has 0 aliphatic rings. The van der Waals surface area contributed by atoms with E-state index >= 15 is 0 Å². The smallest absolute Gasteiger partial charge is 0.314 e. The van der Waals surface area contributed by atoms with E-state index in [4.69, 9.17) is 0 Å². The number of carbonyl (C=O) groups is 1. The molecule has 0 radical (unpaired) electrons. The zero-order valence-electron chi connectivity index (χ0n) is 10.9. The highest BCUT2D eigenvalue weighted by molar-refractivity contribution is 5.81. The van der Waals surface area contributed by atoms with Crippen LogP contribution in [0.15, 0.2) is 30.3 Å². The Hall–Kier alpha value is -1.31. The van der Waals surface area contributed by atoms with Gasteiger partial charge in [0.05, 0.1) is 5.41 Å². The standard InChI is InChI=1S/C15H22O2/c1-4-10-15(14(16)17,11-12(2)3)13-8-6-5-7-9-13/h5-9,12H,4,10-11H2,1-3H3,(H,16,17). The van der Waals surface area contributed by atoms with Crippen LogP contribution in [0.1, 0.15) is 45.6 Å². The number of hydrogen-bond acceptors (Lipinski definition) is 1. The Morgan fingerprint density at radius 1 is 1.29 bits per heavy atom. The summed E-state index contributed by atoms with van der Waals surface area (Å²) in [6, 6.07) is 9.64. The Kier molecular flexibility index (Phi) is 4.73. The molecule has 1 rings (SSSR count). The van der Waals surface area contributed by atoms with Crippen molar-refractivity contribution in [3.05, 3.63) is 35.9 Å². The Labute approximate surface area is 104 Å². The van der Waals surface area contributed by atoms with Crippen LogP contribution in [0.2, 0.25) is 0 Å². The summed E-state index contributed by atoms with van der Waals surface area (Å²) in [7, 11) is 0. The number of aliphatic carboxylic acids is 1. The summed E-state index contributed by atoms with van der Waals surface area (Å²) < 4.78 is 0. The van der Waals surface area contributed by atoms with E-state index in [0.29, 0.717) is 18.8 Å². The fourth-order valence-corrected chi connectivity index (χ4v) is 2.56. The lowest BCUT2D eigenvalue weighted by Gasteiger charge is -2.31. The predicted octanol–water partition coefficient (Wildman–Crippen LogP) is 3.86. The van der Waals surface area contributed by atoms with Gasteiger partial charge in [-0.25, -0.2) is 0 Å². The molecule has 1 aromatic carbocycles. The summed E-state index contributed by atoms with van der Waals surface area (Å²) in [6.45, 7) is 6.20. The molecule has 94 valence electrons. The lowest BCUT2D eigenvalue weighted by molar-refractivity contribution is -0.145. The maximum Gasteiger partial charge on any atom is 0.314 e. The molecule has 0 aliphatic heterocycles. The number of rotatable bonds is 6. The topological polar surface area (TPSA) is 37.3 Å². The van der Waals surface area contributed by atoms with Gasteiger partial charge >= 0.3 is 5.97 Å². The maximum atomic E-state index is 11.7. The van der Waals surface area contributed by atoms with Gasteiger partial charge in [0.15, 0.2) is 0 Å². The molecule has 1 unspecified atom stereocenters. The van der Waals surface area contributed by atoms with Crippen molar-refractivity contribution in [2.75, 3.05) is 0 Å². The van der Waals surface area contributed by atoms with Crippen LogP contribution in [0.5, 0.6) is 0 Å². The van der Waals surface area contributed by atoms with E-state index in [2.05, 4.69) is 13.8 Å². The van der Waals surface area contributed by atoms with Gasteiger partial charge in [0.1, 0.15) is 0 Å². The first-order valence-electron chi connectivity index (χ1n) is 6.32. The zero-order chi connectivity index (χ0) is 12.9. The quantitative estimate of drug-likeness (QED) is 0.811. The summed E-state index contributed by atoms with van der Waals surface area (Å²) in [4.78, 5) is 11.7. The molecule has 0 amide bonds. The Balaban J connectivity index is 3.19. The molecule has 0 fully saturated rings. The van der Waals surface area contributed by atoms with Crippen LogP contribution < -0.4 is 0 Å². The molecule has 0 aliphatic carbocycles. The second-order valence-electron chi connectivity index (χ2n) is 5.10. The number of benzene rings is 1. The summed E-state index contributed by atoms with van der Waals surface area (Å²) in [5, 5.41) is 9.66. The second-order valence-corrected chi connectivity index (χ2v) is 5.10. The van der Waals surface area contributed by atoms with E-state index in [9.17, 15) is 9.90 Å². The third-order valence-corrected chi connectivity index (χ3v) is 3.17. The van der Waals surface area contributed by atoms with Gasteiger partial charge in [0, 0.05) is 0 Å². The minimum Gasteiger partial charge on any atom is -0.481 e. The number of hydrogen-bond donors (Lipinski definition) is 1. The predicted molar refractivity (Wildman–Crippen MR) is 70.1 cm³/mol. The molecule has 0 aromatic heterocycles. The SMILES string of the molecule is CCCC(CC(C)C)(C(=O)O)c1ccccc1. The van der Waals surface area contributed by atoms with E-state index in [1.807, 2.05) is 37.3 Å². The van der Waals surface area contributed by atoms with Gasteiger partial charge in [-0.05, 0) is 24.3 Å². The summed E-state index contributed by atoms with van der Waals surface area (Å²) >= 11 is 0. The van der Waals surface area contributed by atoms with Gasteiger partial charge < -0.3 is 5.11 Å². The van der Waals surface area contributed by atoms with Crippen LogP contribution in [-0.2, 0) is 10.2 Å². The molecule has 0 saturated heterocycles. The zero-order valence-corrected chi connectivity index (χ0v) is 10.9. The van der Waals surface area contributed by atoms with E-state index < -0.39 is 11.4 Å². The minimum atomic E-state index is -0.718. The maximum absolute atomic E-state index is 11.7. The first-order valence-corrected chi connectivity index (χ1v) is 6.32. The van der Waals surface area contributed by atoms with Crippen molar-refractivity contribution in [3.63, 3.8) is 0 Å². The molecule has 1 N–H and O–H groups in total. The molecule has 0 bridgehead atoms. The molecule has 1 aromatic rings. The van der Waals surface area contributed by atoms with Gasteiger partial charge in [0.2, 0.25) is 0 Å². The molecular weight excluding hydrogens is 212 g/mol. The van der Waals surface area contributed by atoms with Gasteiger partial charge in [-0.2, -0.15) is 0 Å². The molecular formula is C15H22O2. The van der Waals surface area contributed by atoms with E-state index in [-0.39, 0.29) is 0 Å². The Morgan fingerprint density at radius 2 is 1.88 bits per heavy atom. The molecule has 17 heavy (non-hydrogen) atoms. The van der Waals surface area contributed by atoms with Crippen LogP contribution in [0.4, 0.5) is 0 Å². The van der Waals surface area contributed by atoms with Crippen molar-refractivity contribution in [2.24, 2.45) is 5.92 Å². The first-order chi connectivity index (χ1) is 8.03. The van der Waals surface area contributed by atoms with Crippen LogP contribution in [0.3, 0.4) is 0 Å². The molecule has 1 atom stereocenters. The van der Waals surface area contributed by atoms with Crippen molar-refractivity contribution < 1.29 is 9.90 Å². The average molecular weight is 234 g/mol. The van der Waals surface area contributed by atoms with Gasteiger partial charge in [-0.15, -0.1) is 0 Å². The fraction of sp³-hybridized carbons (Fsp3) is 0.533. The van der Waals surface area contributed by atoms with Crippen LogP contribution in [-0.4, -0.2) is 11.1 Å². The normalized spacial score (nSPS) is 14.6. The first kappa shape index (κ1) is 13.8. The fourth-order valence-electron chi connectivity index (χ4n) is 2.56. The Morgan fingerprint density at radius 3 is 2.29 bits per heavy atom. The van der Waals surface area contributed by atoms with Crippen LogP contribution in [0, 0.1) is 5.92 Å². The third-order valence-electron chi connectivity index (χ3n) is 3.17. The lowest BCUT2D eigenvalue weighted by atomic mass is 9.71. The van der Waals surface area contributed by atoms with E-state index in [0.717, 1.165) is 12.0 Å². The highest BCUT2D eigenvalue weighted by atomic mass is 16.4. The van der Waals surface area contributed by atoms with Crippen LogP contribution >= 0.6 is 0 Å². The van der Waals surface area contributed by atoms with E-state index in [1.165, 1.54) is 0 Å². The minimum absolute atomic E-state index is 0.373. The summed E-state index contributed by atoms with van der Waals surface area (Å²) in [5.41, 5.74) is 0.215. The summed E-state index contributed by atoms with van der Waals surface area (Å²) in [5.74, 6) is -0.322. The lowest BCUT2D eigenvalue weighted by Crippen LogP contribution is -2.37. The highest BCUT2D eigenvalue weighted by Gasteiger charge is 2.39. The number of carboxylic acid groups (broad SMARTS) is 1. The van der Waals surface area contributed by atoms with Crippen molar-refractivity contribution in [3.8, 4) is 0 Å². The van der Waals surface area contributed by atoms with Gasteiger partial charge in [-0.1, -0.05) is 57.5 Å². The molecule has 2 nitrogen and oxygen atoms in total. The van der Waals surface area contributed by atoms with Crippen molar-refractivity contribution in [2.45, 2.75) is 45.4 Å². The van der Waals surface area contributed by atoms with Gasteiger partial charge in [-0.3, -0.25) is 4.79 Å². The molecule has 2 heteroatoms. The van der Waals surface area contributed by atoms with Crippen molar-refractivity contribution in [1.29, 1.82) is 0 Å². The molecule has 0 saturated carbocycles. The monoisotopic (exact) mass is 234 g/mol. The second kappa shape index (κ2) is 5.85. The highest BCUT2D eigenvalue weighted by Crippen LogP contribution is 2.36.